The highest BCUT2D eigenvalue weighted by molar-refractivity contribution is 6.14. The van der Waals surface area contributed by atoms with Gasteiger partial charge in [-0.25, -0.2) is 15.0 Å². The summed E-state index contributed by atoms with van der Waals surface area (Å²) in [5.41, 5.74) is 1.57. The largest absolute Gasteiger partial charge is 0.456 e. The lowest BCUT2D eigenvalue weighted by Crippen LogP contribution is -2.01. The maximum absolute atomic E-state index is 9.14. The fourth-order valence-electron chi connectivity index (χ4n) is 5.90. The second kappa shape index (κ2) is 9.33. The SMILES string of the molecule is [2H]c1cc2c(oc3c([2H])c([2H])c([2H])c(-c4nc(-c5ccc6ccccc6c5)nc(-c5cc6ccccc6c6ccccc56)n4)c32)c([2H])c1[2H]. The van der Waals surface area contributed by atoms with E-state index >= 15 is 0 Å². The van der Waals surface area contributed by atoms with Gasteiger partial charge < -0.3 is 4.42 Å². The molecule has 9 aromatic rings. The zero-order valence-electron chi connectivity index (χ0n) is 28.6. The van der Waals surface area contributed by atoms with E-state index in [9.17, 15) is 0 Å². The van der Waals surface area contributed by atoms with Crippen molar-refractivity contribution >= 4 is 54.3 Å². The molecular formula is C39H23N3O. The first-order valence-corrected chi connectivity index (χ1v) is 13.9. The van der Waals surface area contributed by atoms with Gasteiger partial charge in [-0.15, -0.1) is 0 Å². The van der Waals surface area contributed by atoms with Crippen LogP contribution in [0.25, 0.3) is 88.4 Å². The van der Waals surface area contributed by atoms with Crippen molar-refractivity contribution in [3.05, 3.63) is 139 Å². The van der Waals surface area contributed by atoms with E-state index in [-0.39, 0.29) is 63.5 Å². The van der Waals surface area contributed by atoms with Gasteiger partial charge in [0, 0.05) is 27.5 Å². The topological polar surface area (TPSA) is 51.8 Å². The number of rotatable bonds is 3. The van der Waals surface area contributed by atoms with Gasteiger partial charge in [0.1, 0.15) is 11.2 Å². The Kier molecular flexibility index (Phi) is 4.02. The maximum atomic E-state index is 9.14. The molecule has 0 saturated carbocycles. The van der Waals surface area contributed by atoms with Crippen LogP contribution < -0.4 is 0 Å². The van der Waals surface area contributed by atoms with Gasteiger partial charge in [0.25, 0.3) is 0 Å². The second-order valence-electron chi connectivity index (χ2n) is 10.4. The summed E-state index contributed by atoms with van der Waals surface area (Å²) in [5.74, 6) is 0.790. The molecular weight excluding hydrogens is 526 g/mol. The Balaban J connectivity index is 1.42. The molecule has 0 spiro atoms. The third-order valence-electron chi connectivity index (χ3n) is 7.90. The molecule has 4 heteroatoms. The molecule has 2 aromatic heterocycles. The quantitative estimate of drug-likeness (QED) is 0.204. The van der Waals surface area contributed by atoms with Crippen LogP contribution in [-0.4, -0.2) is 15.0 Å². The highest BCUT2D eigenvalue weighted by Crippen LogP contribution is 2.38. The van der Waals surface area contributed by atoms with Crippen LogP contribution in [0.2, 0.25) is 0 Å². The summed E-state index contributed by atoms with van der Waals surface area (Å²) < 4.78 is 57.6. The van der Waals surface area contributed by atoms with Crippen molar-refractivity contribution in [2.75, 3.05) is 0 Å². The molecule has 0 aliphatic carbocycles. The minimum Gasteiger partial charge on any atom is -0.456 e. The zero-order chi connectivity index (χ0) is 33.6. The van der Waals surface area contributed by atoms with Gasteiger partial charge >= 0.3 is 0 Å². The monoisotopic (exact) mass is 555 g/mol. The Hall–Kier alpha value is -5.87. The van der Waals surface area contributed by atoms with E-state index in [2.05, 4.69) is 12.1 Å². The van der Waals surface area contributed by atoms with E-state index in [1.165, 1.54) is 6.07 Å². The molecule has 0 amide bonds. The second-order valence-corrected chi connectivity index (χ2v) is 10.4. The van der Waals surface area contributed by atoms with Crippen LogP contribution in [0.15, 0.2) is 144 Å². The van der Waals surface area contributed by atoms with Crippen molar-refractivity contribution in [2.45, 2.75) is 0 Å². The average molecular weight is 556 g/mol. The van der Waals surface area contributed by atoms with Crippen molar-refractivity contribution in [3.8, 4) is 34.2 Å². The third kappa shape index (κ3) is 3.81. The predicted molar refractivity (Wildman–Crippen MR) is 176 cm³/mol. The maximum Gasteiger partial charge on any atom is 0.164 e. The van der Waals surface area contributed by atoms with Gasteiger partial charge in [0.2, 0.25) is 0 Å². The highest BCUT2D eigenvalue weighted by atomic mass is 16.3. The molecule has 0 unspecified atom stereocenters. The summed E-state index contributed by atoms with van der Waals surface area (Å²) in [6.07, 6.45) is 0. The van der Waals surface area contributed by atoms with Gasteiger partial charge in [-0.1, -0.05) is 115 Å². The Morgan fingerprint density at radius 1 is 0.465 bits per heavy atom. The van der Waals surface area contributed by atoms with E-state index in [0.717, 1.165) is 43.4 Å². The lowest BCUT2D eigenvalue weighted by molar-refractivity contribution is 0.669. The van der Waals surface area contributed by atoms with Gasteiger partial charge in [0.15, 0.2) is 17.5 Å². The van der Waals surface area contributed by atoms with Crippen molar-refractivity contribution in [1.82, 2.24) is 15.0 Å². The third-order valence-corrected chi connectivity index (χ3v) is 7.90. The fourth-order valence-corrected chi connectivity index (χ4v) is 5.90. The Morgan fingerprint density at radius 2 is 1.16 bits per heavy atom. The minimum absolute atomic E-state index is 0.000283. The first kappa shape index (κ1) is 18.5. The Bertz CT molecular complexity index is 2870. The molecule has 0 radical (unpaired) electrons. The molecule has 0 atom stereocenters. The molecule has 2 heterocycles. The molecule has 0 aliphatic heterocycles. The summed E-state index contributed by atoms with van der Waals surface area (Å²) in [7, 11) is 0. The van der Waals surface area contributed by atoms with E-state index in [1.807, 2.05) is 84.9 Å². The summed E-state index contributed by atoms with van der Waals surface area (Å²) in [4.78, 5) is 14.9. The van der Waals surface area contributed by atoms with E-state index in [4.69, 9.17) is 27.6 Å². The van der Waals surface area contributed by atoms with Crippen molar-refractivity contribution in [1.29, 1.82) is 0 Å². The molecule has 0 fully saturated rings. The number of benzene rings is 7. The molecule has 0 saturated heterocycles. The molecule has 9 rings (SSSR count). The van der Waals surface area contributed by atoms with Crippen LogP contribution in [0.5, 0.6) is 0 Å². The highest BCUT2D eigenvalue weighted by Gasteiger charge is 2.19. The first-order valence-electron chi connectivity index (χ1n) is 16.9. The number of aromatic nitrogens is 3. The van der Waals surface area contributed by atoms with Crippen LogP contribution in [-0.2, 0) is 0 Å². The number of para-hydroxylation sites is 1. The Morgan fingerprint density at radius 3 is 2.05 bits per heavy atom. The van der Waals surface area contributed by atoms with E-state index < -0.39 is 6.04 Å². The fraction of sp³-hybridized carbons (Fsp3) is 0. The van der Waals surface area contributed by atoms with E-state index in [1.54, 1.807) is 0 Å². The molecule has 0 aliphatic rings. The molecule has 43 heavy (non-hydrogen) atoms. The number of hydrogen-bond acceptors (Lipinski definition) is 4. The number of nitrogens with zero attached hydrogens (tertiary/aromatic N) is 3. The molecule has 0 N–H and O–H groups in total. The predicted octanol–water partition coefficient (Wildman–Crippen LogP) is 10.2. The van der Waals surface area contributed by atoms with Gasteiger partial charge in [-0.3, -0.25) is 0 Å². The van der Waals surface area contributed by atoms with Crippen molar-refractivity contribution in [2.24, 2.45) is 0 Å². The van der Waals surface area contributed by atoms with Gasteiger partial charge in [0.05, 0.1) is 8.22 Å². The number of furan rings is 1. The van der Waals surface area contributed by atoms with Crippen LogP contribution in [0.3, 0.4) is 0 Å². The normalized spacial score (nSPS) is 13.7. The van der Waals surface area contributed by atoms with Crippen molar-refractivity contribution in [3.63, 3.8) is 0 Å². The van der Waals surface area contributed by atoms with Gasteiger partial charge in [-0.2, -0.15) is 0 Å². The van der Waals surface area contributed by atoms with Gasteiger partial charge in [-0.05, 0) is 56.5 Å². The van der Waals surface area contributed by atoms with Crippen molar-refractivity contribution < 1.29 is 12.6 Å². The minimum atomic E-state index is -0.393. The lowest BCUT2D eigenvalue weighted by atomic mass is 9.96. The smallest absolute Gasteiger partial charge is 0.164 e. The number of fused-ring (bicyclic) bond motifs is 7. The molecule has 0 bridgehead atoms. The first-order chi connectivity index (χ1) is 23.8. The molecule has 7 aromatic carbocycles. The summed E-state index contributed by atoms with van der Waals surface area (Å²) in [6.45, 7) is 0. The number of hydrogen-bond donors (Lipinski definition) is 0. The van der Waals surface area contributed by atoms with Crippen LogP contribution in [0.4, 0.5) is 0 Å². The van der Waals surface area contributed by atoms with Crippen LogP contribution in [0.1, 0.15) is 8.22 Å². The summed E-state index contributed by atoms with van der Waals surface area (Å²) in [5, 5.41) is 6.61. The van der Waals surface area contributed by atoms with E-state index in [0.29, 0.717) is 11.6 Å². The zero-order valence-corrected chi connectivity index (χ0v) is 22.6. The summed E-state index contributed by atoms with van der Waals surface area (Å²) in [6, 6.07) is 31.7. The Labute approximate surface area is 255 Å². The standard InChI is InChI=1S/C39H23N3O/c1-2-11-25-22-27(21-20-24(25)10-1)37-40-38(32-17-9-19-35-36(32)31-16-7-8-18-34(31)43-35)42-39(41-37)33-23-26-12-3-4-13-28(26)29-14-5-6-15-30(29)33/h1-23H/i7D,8D,9D,17D,18D,19D. The van der Waals surface area contributed by atoms with Crippen LogP contribution in [0, 0.1) is 0 Å². The lowest BCUT2D eigenvalue weighted by Gasteiger charge is -2.13. The average Bonchev–Trinajstić information content (AvgIpc) is 3.51. The molecule has 4 nitrogen and oxygen atoms in total. The van der Waals surface area contributed by atoms with Crippen LogP contribution >= 0.6 is 0 Å². The summed E-state index contributed by atoms with van der Waals surface area (Å²) >= 11 is 0. The molecule has 200 valence electrons.